The van der Waals surface area contributed by atoms with Gasteiger partial charge in [0.1, 0.15) is 4.83 Å². The number of piperidine rings is 1. The van der Waals surface area contributed by atoms with Crippen molar-refractivity contribution in [2.75, 3.05) is 18.4 Å². The van der Waals surface area contributed by atoms with E-state index < -0.39 is 0 Å². The van der Waals surface area contributed by atoms with Gasteiger partial charge in [-0.2, -0.15) is 0 Å². The summed E-state index contributed by atoms with van der Waals surface area (Å²) in [7, 11) is 0. The highest BCUT2D eigenvalue weighted by atomic mass is 32.1. The van der Waals surface area contributed by atoms with E-state index in [2.05, 4.69) is 64.6 Å². The molecule has 4 heteroatoms. The third kappa shape index (κ3) is 4.08. The zero-order chi connectivity index (χ0) is 17.8. The fourth-order valence-electron chi connectivity index (χ4n) is 3.78. The quantitative estimate of drug-likeness (QED) is 0.640. The average Bonchev–Trinajstić information content (AvgIpc) is 3.08. The molecule has 0 radical (unpaired) electrons. The minimum absolute atomic E-state index is 0.558. The van der Waals surface area contributed by atoms with Gasteiger partial charge in [0.2, 0.25) is 0 Å². The van der Waals surface area contributed by atoms with Gasteiger partial charge in [0.05, 0.1) is 0 Å². The van der Waals surface area contributed by atoms with E-state index >= 15 is 0 Å². The highest BCUT2D eigenvalue weighted by Crippen LogP contribution is 2.31. The lowest BCUT2D eigenvalue weighted by Gasteiger charge is -2.33. The number of rotatable bonds is 6. The molecule has 3 heterocycles. The van der Waals surface area contributed by atoms with Gasteiger partial charge < -0.3 is 5.32 Å². The van der Waals surface area contributed by atoms with Gasteiger partial charge in [-0.25, -0.2) is 4.98 Å². The topological polar surface area (TPSA) is 28.2 Å². The summed E-state index contributed by atoms with van der Waals surface area (Å²) in [5.41, 5.74) is 2.67. The molecule has 0 unspecified atom stereocenters. The maximum absolute atomic E-state index is 4.57. The molecule has 3 aromatic rings. The highest BCUT2D eigenvalue weighted by molar-refractivity contribution is 7.18. The molecule has 0 saturated carbocycles. The van der Waals surface area contributed by atoms with E-state index in [1.165, 1.54) is 45.6 Å². The molecule has 26 heavy (non-hydrogen) atoms. The van der Waals surface area contributed by atoms with E-state index in [9.17, 15) is 0 Å². The number of pyridine rings is 1. The summed E-state index contributed by atoms with van der Waals surface area (Å²) in [6.45, 7) is 5.62. The minimum atomic E-state index is 0.558. The van der Waals surface area contributed by atoms with E-state index in [0.717, 1.165) is 26.1 Å². The van der Waals surface area contributed by atoms with Gasteiger partial charge in [-0.15, -0.1) is 11.3 Å². The number of likely N-dealkylation sites (tertiary alicyclic amines) is 1. The minimum Gasteiger partial charge on any atom is -0.382 e. The molecule has 0 aliphatic carbocycles. The maximum Gasteiger partial charge on any atom is 0.125 e. The first-order chi connectivity index (χ1) is 12.8. The zero-order valence-electron chi connectivity index (χ0n) is 15.4. The molecular weight excluding hydrogens is 338 g/mol. The summed E-state index contributed by atoms with van der Waals surface area (Å²) < 4.78 is 0. The van der Waals surface area contributed by atoms with Crippen LogP contribution in [-0.4, -0.2) is 29.0 Å². The third-order valence-corrected chi connectivity index (χ3v) is 6.28. The number of hydrogen-bond acceptors (Lipinski definition) is 4. The van der Waals surface area contributed by atoms with E-state index in [1.54, 1.807) is 0 Å². The Kier molecular flexibility index (Phi) is 5.51. The molecule has 0 bridgehead atoms. The second kappa shape index (κ2) is 8.19. The predicted molar refractivity (Wildman–Crippen MR) is 112 cm³/mol. The first kappa shape index (κ1) is 17.5. The summed E-state index contributed by atoms with van der Waals surface area (Å²) in [6, 6.07) is 15.8. The molecular formula is C22H27N3S. The molecule has 4 rings (SSSR count). The van der Waals surface area contributed by atoms with Crippen LogP contribution in [0, 0.1) is 0 Å². The highest BCUT2D eigenvalue weighted by Gasteiger charge is 2.20. The largest absolute Gasteiger partial charge is 0.382 e. The fraction of sp³-hybridized carbons (Fsp3) is 0.409. The Morgan fingerprint density at radius 1 is 1.15 bits per heavy atom. The van der Waals surface area contributed by atoms with Crippen LogP contribution in [0.4, 0.5) is 5.69 Å². The van der Waals surface area contributed by atoms with Gasteiger partial charge in [-0.3, -0.25) is 4.90 Å². The van der Waals surface area contributed by atoms with Crippen LogP contribution in [-0.2, 0) is 13.0 Å². The van der Waals surface area contributed by atoms with Crippen molar-refractivity contribution in [3.63, 3.8) is 0 Å². The van der Waals surface area contributed by atoms with Crippen molar-refractivity contribution in [1.82, 2.24) is 9.88 Å². The number of anilines is 1. The molecule has 1 fully saturated rings. The summed E-state index contributed by atoms with van der Waals surface area (Å²) in [6.07, 6.45) is 6.68. The van der Waals surface area contributed by atoms with Crippen LogP contribution in [0.2, 0.25) is 0 Å². The van der Waals surface area contributed by atoms with Gasteiger partial charge in [-0.1, -0.05) is 43.7 Å². The smallest absolute Gasteiger partial charge is 0.125 e. The summed E-state index contributed by atoms with van der Waals surface area (Å²) in [5, 5.41) is 5.10. The molecule has 2 aromatic heterocycles. The number of nitrogens with zero attached hydrogens (tertiary/aromatic N) is 2. The van der Waals surface area contributed by atoms with E-state index in [0.29, 0.717) is 6.04 Å². The lowest BCUT2D eigenvalue weighted by atomic mass is 10.0. The van der Waals surface area contributed by atoms with Crippen molar-refractivity contribution in [1.29, 1.82) is 0 Å². The lowest BCUT2D eigenvalue weighted by Crippen LogP contribution is -2.38. The zero-order valence-corrected chi connectivity index (χ0v) is 16.3. The van der Waals surface area contributed by atoms with Crippen LogP contribution in [0.1, 0.15) is 36.6 Å². The normalized spacial score (nSPS) is 16.2. The van der Waals surface area contributed by atoms with Gasteiger partial charge in [0, 0.05) is 47.8 Å². The predicted octanol–water partition coefficient (Wildman–Crippen LogP) is 5.33. The molecule has 1 N–H and O–H groups in total. The number of benzene rings is 1. The molecule has 136 valence electrons. The molecule has 1 aliphatic heterocycles. The number of hydrogen-bond donors (Lipinski definition) is 1. The second-order valence-corrected chi connectivity index (χ2v) is 8.34. The molecule has 1 saturated heterocycles. The SMILES string of the molecule is CCCc1cc2c(NC3CCN(Cc4ccccc4)CC3)ccnc2s1. The molecule has 0 amide bonds. The number of nitrogens with one attached hydrogen (secondary N) is 1. The van der Waals surface area contributed by atoms with E-state index in [4.69, 9.17) is 0 Å². The summed E-state index contributed by atoms with van der Waals surface area (Å²) >= 11 is 1.84. The Labute approximate surface area is 160 Å². The van der Waals surface area contributed by atoms with Crippen molar-refractivity contribution >= 4 is 27.2 Å². The van der Waals surface area contributed by atoms with Crippen molar-refractivity contribution in [3.05, 3.63) is 59.1 Å². The van der Waals surface area contributed by atoms with Crippen molar-refractivity contribution < 1.29 is 0 Å². The van der Waals surface area contributed by atoms with Crippen LogP contribution >= 0.6 is 11.3 Å². The number of aryl methyl sites for hydroxylation is 1. The number of fused-ring (bicyclic) bond motifs is 1. The van der Waals surface area contributed by atoms with Crippen LogP contribution in [0.25, 0.3) is 10.2 Å². The van der Waals surface area contributed by atoms with E-state index in [-0.39, 0.29) is 0 Å². The molecule has 1 aromatic carbocycles. The summed E-state index contributed by atoms with van der Waals surface area (Å²) in [4.78, 5) is 9.75. The van der Waals surface area contributed by atoms with Crippen molar-refractivity contribution in [2.24, 2.45) is 0 Å². The first-order valence-corrected chi connectivity index (χ1v) is 10.5. The Morgan fingerprint density at radius 2 is 1.96 bits per heavy atom. The number of thiophene rings is 1. The van der Waals surface area contributed by atoms with Gasteiger partial charge >= 0.3 is 0 Å². The van der Waals surface area contributed by atoms with Crippen molar-refractivity contribution in [2.45, 2.75) is 45.2 Å². The Balaban J connectivity index is 1.38. The fourth-order valence-corrected chi connectivity index (χ4v) is 4.91. The van der Waals surface area contributed by atoms with Gasteiger partial charge in [0.15, 0.2) is 0 Å². The lowest BCUT2D eigenvalue weighted by molar-refractivity contribution is 0.211. The van der Waals surface area contributed by atoms with E-state index in [1.807, 2.05) is 17.5 Å². The van der Waals surface area contributed by atoms with Crippen LogP contribution in [0.15, 0.2) is 48.7 Å². The third-order valence-electron chi connectivity index (χ3n) is 5.18. The Morgan fingerprint density at radius 3 is 2.73 bits per heavy atom. The molecule has 0 atom stereocenters. The monoisotopic (exact) mass is 365 g/mol. The summed E-state index contributed by atoms with van der Waals surface area (Å²) in [5.74, 6) is 0. The average molecular weight is 366 g/mol. The molecule has 1 aliphatic rings. The van der Waals surface area contributed by atoms with Crippen molar-refractivity contribution in [3.8, 4) is 0 Å². The first-order valence-electron chi connectivity index (χ1n) is 9.72. The maximum atomic E-state index is 4.57. The van der Waals surface area contributed by atoms with Crippen LogP contribution in [0.5, 0.6) is 0 Å². The number of aromatic nitrogens is 1. The molecule has 3 nitrogen and oxygen atoms in total. The van der Waals surface area contributed by atoms with Crippen LogP contribution < -0.4 is 5.32 Å². The standard InChI is InChI=1S/C22H27N3S/c1-2-6-19-15-20-21(9-12-23-22(20)26-19)24-18-10-13-25(14-11-18)16-17-7-4-3-5-8-17/h3-5,7-9,12,15,18H,2,6,10-11,13-14,16H2,1H3,(H,23,24). The van der Waals surface area contributed by atoms with Gasteiger partial charge in [-0.05, 0) is 37.0 Å². The Hall–Kier alpha value is -1.91. The second-order valence-electron chi connectivity index (χ2n) is 7.22. The van der Waals surface area contributed by atoms with Crippen LogP contribution in [0.3, 0.4) is 0 Å². The Bertz CT molecular complexity index is 835. The van der Waals surface area contributed by atoms with Gasteiger partial charge in [0.25, 0.3) is 0 Å². The molecule has 0 spiro atoms.